The number of hydrogen-bond donors (Lipinski definition) is 0. The lowest BCUT2D eigenvalue weighted by molar-refractivity contribution is -0.126. The summed E-state index contributed by atoms with van der Waals surface area (Å²) in [6, 6.07) is 10.5. The molecule has 3 aliphatic heterocycles. The highest BCUT2D eigenvalue weighted by molar-refractivity contribution is 7.81. The zero-order valence-corrected chi connectivity index (χ0v) is 29.3. The van der Waals surface area contributed by atoms with Crippen LogP contribution in [0.1, 0.15) is 40.4 Å². The number of halogens is 3. The Balaban J connectivity index is 1.02. The molecular weight excluding hydrogens is 658 g/mol. The molecule has 0 N–H and O–H groups in total. The van der Waals surface area contributed by atoms with Crippen LogP contribution in [-0.2, 0) is 30.5 Å². The SMILES string of the molecule is Cc1nc(N2CCC3(CCN(Cc4ccc5c(cc(C#N)n5CCN5CCN(S(C)=O)CC5)c4C)C3)C2)c2cc(CC(F)(F)F)sc2n1. The Morgan fingerprint density at radius 1 is 0.979 bits per heavy atom. The fourth-order valence-electron chi connectivity index (χ4n) is 7.92. The minimum Gasteiger partial charge on any atom is -0.355 e. The Morgan fingerprint density at radius 3 is 2.48 bits per heavy atom. The van der Waals surface area contributed by atoms with Gasteiger partial charge in [0.25, 0.3) is 0 Å². The molecule has 0 radical (unpaired) electrons. The maximum Gasteiger partial charge on any atom is 0.393 e. The van der Waals surface area contributed by atoms with Crippen molar-refractivity contribution < 1.29 is 17.4 Å². The van der Waals surface area contributed by atoms with Crippen LogP contribution in [0.5, 0.6) is 0 Å². The van der Waals surface area contributed by atoms with Crippen molar-refractivity contribution in [3.63, 3.8) is 0 Å². The third-order valence-electron chi connectivity index (χ3n) is 10.5. The lowest BCUT2D eigenvalue weighted by Crippen LogP contribution is -2.47. The summed E-state index contributed by atoms with van der Waals surface area (Å²) in [5.74, 6) is 1.34. The van der Waals surface area contributed by atoms with Gasteiger partial charge in [0.2, 0.25) is 0 Å². The second kappa shape index (κ2) is 13.0. The van der Waals surface area contributed by atoms with E-state index in [1.807, 2.05) is 17.3 Å². The highest BCUT2D eigenvalue weighted by atomic mass is 32.2. The molecule has 9 nitrogen and oxygen atoms in total. The van der Waals surface area contributed by atoms with Crippen molar-refractivity contribution >= 4 is 49.3 Å². The molecule has 1 aromatic carbocycles. The molecule has 14 heteroatoms. The van der Waals surface area contributed by atoms with Crippen LogP contribution in [0.25, 0.3) is 21.1 Å². The van der Waals surface area contributed by atoms with Crippen LogP contribution in [0, 0.1) is 30.6 Å². The van der Waals surface area contributed by atoms with Gasteiger partial charge in [0.1, 0.15) is 28.2 Å². The molecule has 0 saturated carbocycles. The molecule has 0 bridgehead atoms. The predicted molar refractivity (Wildman–Crippen MR) is 185 cm³/mol. The fraction of sp³-hybridized carbons (Fsp3) is 0.559. The topological polar surface area (TPSA) is 84.5 Å². The maximum absolute atomic E-state index is 13.1. The summed E-state index contributed by atoms with van der Waals surface area (Å²) in [5, 5.41) is 11.8. The van der Waals surface area contributed by atoms with E-state index in [-0.39, 0.29) is 10.3 Å². The first-order valence-electron chi connectivity index (χ1n) is 16.5. The van der Waals surface area contributed by atoms with Gasteiger partial charge >= 0.3 is 6.18 Å². The third-order valence-corrected chi connectivity index (χ3v) is 12.6. The van der Waals surface area contributed by atoms with Crippen LogP contribution in [-0.4, -0.2) is 104 Å². The number of rotatable bonds is 8. The zero-order chi connectivity index (χ0) is 33.8. The summed E-state index contributed by atoms with van der Waals surface area (Å²) in [4.78, 5) is 17.2. The maximum atomic E-state index is 13.1. The van der Waals surface area contributed by atoms with Crippen molar-refractivity contribution in [2.75, 3.05) is 70.1 Å². The van der Waals surface area contributed by atoms with Gasteiger partial charge in [-0.25, -0.2) is 18.5 Å². The van der Waals surface area contributed by atoms with Crippen molar-refractivity contribution in [1.29, 1.82) is 5.26 Å². The van der Waals surface area contributed by atoms with E-state index in [2.05, 4.69) is 49.4 Å². The van der Waals surface area contributed by atoms with Crippen molar-refractivity contribution in [2.24, 2.45) is 5.41 Å². The predicted octanol–water partition coefficient (Wildman–Crippen LogP) is 5.25. The van der Waals surface area contributed by atoms with E-state index in [0.717, 1.165) is 118 Å². The number of benzene rings is 1. The average molecular weight is 699 g/mol. The summed E-state index contributed by atoms with van der Waals surface area (Å²) >= 11 is 1.11. The van der Waals surface area contributed by atoms with Crippen molar-refractivity contribution in [3.8, 4) is 6.07 Å². The van der Waals surface area contributed by atoms with Gasteiger partial charge in [0, 0.05) is 92.9 Å². The molecule has 2 unspecified atom stereocenters. The van der Waals surface area contributed by atoms with Gasteiger partial charge < -0.3 is 9.47 Å². The van der Waals surface area contributed by atoms with E-state index in [1.165, 1.54) is 11.1 Å². The van der Waals surface area contributed by atoms with Crippen LogP contribution in [0.4, 0.5) is 19.0 Å². The van der Waals surface area contributed by atoms with Gasteiger partial charge in [0.05, 0.1) is 22.8 Å². The number of fused-ring (bicyclic) bond motifs is 2. The van der Waals surface area contributed by atoms with Crippen molar-refractivity contribution in [3.05, 3.63) is 51.8 Å². The van der Waals surface area contributed by atoms with E-state index < -0.39 is 23.6 Å². The molecular formula is C34H41F3N8OS2. The normalized spacial score (nSPS) is 22.1. The number of thiophene rings is 1. The van der Waals surface area contributed by atoms with Gasteiger partial charge in [-0.2, -0.15) is 18.4 Å². The molecule has 0 aliphatic carbocycles. The Kier molecular flexibility index (Phi) is 9.04. The number of aryl methyl sites for hydroxylation is 2. The van der Waals surface area contributed by atoms with E-state index in [0.29, 0.717) is 16.3 Å². The van der Waals surface area contributed by atoms with Crippen LogP contribution >= 0.6 is 11.3 Å². The molecule has 3 aromatic heterocycles. The number of nitrogens with zero attached hydrogens (tertiary/aromatic N) is 8. The molecule has 7 rings (SSSR count). The van der Waals surface area contributed by atoms with Crippen molar-refractivity contribution in [2.45, 2.75) is 52.4 Å². The molecule has 48 heavy (non-hydrogen) atoms. The summed E-state index contributed by atoms with van der Waals surface area (Å²) in [6.45, 7) is 13.3. The van der Waals surface area contributed by atoms with E-state index >= 15 is 0 Å². The minimum absolute atomic E-state index is 0.114. The van der Waals surface area contributed by atoms with Crippen LogP contribution in [0.15, 0.2) is 24.3 Å². The first-order valence-corrected chi connectivity index (χ1v) is 18.9. The Bertz CT molecular complexity index is 1910. The highest BCUT2D eigenvalue weighted by Crippen LogP contribution is 2.44. The number of nitriles is 1. The second-order valence-electron chi connectivity index (χ2n) is 13.7. The van der Waals surface area contributed by atoms with Crippen LogP contribution in [0.2, 0.25) is 0 Å². The summed E-state index contributed by atoms with van der Waals surface area (Å²) in [7, 11) is -0.932. The minimum atomic E-state index is -4.26. The van der Waals surface area contributed by atoms with Crippen LogP contribution in [0.3, 0.4) is 0 Å². The Hall–Kier alpha value is -3.09. The lowest BCUT2D eigenvalue weighted by atomic mass is 9.86. The van der Waals surface area contributed by atoms with Gasteiger partial charge in [-0.05, 0) is 62.6 Å². The number of anilines is 1. The van der Waals surface area contributed by atoms with Crippen LogP contribution < -0.4 is 4.90 Å². The molecule has 1 spiro atoms. The Morgan fingerprint density at radius 2 is 1.75 bits per heavy atom. The lowest BCUT2D eigenvalue weighted by Gasteiger charge is -2.33. The Labute approximate surface area is 285 Å². The average Bonchev–Trinajstić information content (AvgIpc) is 3.82. The fourth-order valence-corrected chi connectivity index (χ4v) is 9.69. The molecule has 6 heterocycles. The smallest absolute Gasteiger partial charge is 0.355 e. The molecule has 256 valence electrons. The molecule has 2 atom stereocenters. The van der Waals surface area contributed by atoms with Gasteiger partial charge in [-0.15, -0.1) is 11.3 Å². The highest BCUT2D eigenvalue weighted by Gasteiger charge is 2.44. The largest absolute Gasteiger partial charge is 0.393 e. The zero-order valence-electron chi connectivity index (χ0n) is 27.6. The van der Waals surface area contributed by atoms with Gasteiger partial charge in [-0.3, -0.25) is 9.80 Å². The first-order chi connectivity index (χ1) is 22.9. The monoisotopic (exact) mass is 698 g/mol. The standard InChI is InChI=1S/C34H41F3N8OS2/c1-23-25(4-5-30-28(23)16-26(19-38)45(30)15-12-41-10-13-44(14-11-41)48(3)46)20-42-8-6-33(21-42)7-9-43(22-33)31-29-17-27(18-34(35,36)37)47-32(29)40-24(2)39-31/h4-5,16-17H,6-15,18,20-22H2,1-3H3. The number of hydrogen-bond acceptors (Lipinski definition) is 8. The number of aromatic nitrogens is 3. The molecule has 3 fully saturated rings. The van der Waals surface area contributed by atoms with E-state index in [1.54, 1.807) is 12.3 Å². The number of alkyl halides is 3. The quantitative estimate of drug-likeness (QED) is 0.249. The number of piperazine rings is 1. The van der Waals surface area contributed by atoms with Gasteiger partial charge in [0.15, 0.2) is 0 Å². The third kappa shape index (κ3) is 6.72. The molecule has 0 amide bonds. The first kappa shape index (κ1) is 33.4. The van der Waals surface area contributed by atoms with E-state index in [4.69, 9.17) is 4.98 Å². The number of likely N-dealkylation sites (tertiary alicyclic amines) is 1. The molecule has 3 saturated heterocycles. The summed E-state index contributed by atoms with van der Waals surface area (Å²) in [5.41, 5.74) is 4.35. The molecule has 4 aromatic rings. The van der Waals surface area contributed by atoms with Gasteiger partial charge in [-0.1, -0.05) is 6.07 Å². The second-order valence-corrected chi connectivity index (χ2v) is 16.2. The van der Waals surface area contributed by atoms with E-state index in [9.17, 15) is 22.6 Å². The molecule has 3 aliphatic rings. The summed E-state index contributed by atoms with van der Waals surface area (Å²) < 4.78 is 55.4. The van der Waals surface area contributed by atoms with Crippen molar-refractivity contribution in [1.82, 2.24) is 28.6 Å². The summed E-state index contributed by atoms with van der Waals surface area (Å²) in [6.07, 6.45) is -1.38.